The van der Waals surface area contributed by atoms with Crippen LogP contribution in [-0.2, 0) is 0 Å². The Hall–Kier alpha value is -2.02. The second-order valence-corrected chi connectivity index (χ2v) is 8.56. The molecule has 0 spiro atoms. The maximum Gasteiger partial charge on any atom is 0.144 e. The van der Waals surface area contributed by atoms with E-state index in [2.05, 4.69) is 64.8 Å². The molecule has 0 bridgehead atoms. The maximum absolute atomic E-state index is 11.0. The number of allylic oxidation sites excluding steroid dienone is 1. The lowest BCUT2D eigenvalue weighted by atomic mass is 9.97. The first-order chi connectivity index (χ1) is 14.6. The number of hydrogen-bond donors (Lipinski definition) is 3. The summed E-state index contributed by atoms with van der Waals surface area (Å²) in [7, 11) is 0. The van der Waals surface area contributed by atoms with Gasteiger partial charge < -0.3 is 20.3 Å². The van der Waals surface area contributed by atoms with Gasteiger partial charge in [0.15, 0.2) is 0 Å². The monoisotopic (exact) mass is 411 g/mol. The van der Waals surface area contributed by atoms with Crippen molar-refractivity contribution in [1.82, 2.24) is 25.2 Å². The van der Waals surface area contributed by atoms with E-state index < -0.39 is 0 Å². The topological polar surface area (TPSA) is 75.0 Å². The van der Waals surface area contributed by atoms with Crippen molar-refractivity contribution in [3.05, 3.63) is 42.5 Å². The van der Waals surface area contributed by atoms with Crippen molar-refractivity contribution in [1.29, 1.82) is 0 Å². The molecule has 0 aromatic carbocycles. The summed E-state index contributed by atoms with van der Waals surface area (Å²) in [6.45, 7) is 14.4. The highest BCUT2D eigenvalue weighted by Gasteiger charge is 2.40. The molecule has 0 aliphatic heterocycles. The highest BCUT2D eigenvalue weighted by molar-refractivity contribution is 5.85. The molecule has 2 heterocycles. The van der Waals surface area contributed by atoms with E-state index >= 15 is 0 Å². The molecule has 6 heteroatoms. The SMILES string of the molecule is C=Cc1cn([C@@H]2C[C@H](CNCCCNCC/C(C)=C/C)[C@@H](C)[C@H]2O)c2ncncc12. The van der Waals surface area contributed by atoms with Crippen LogP contribution in [0, 0.1) is 11.8 Å². The Balaban J connectivity index is 1.49. The molecular formula is C24H37N5O. The molecule has 30 heavy (non-hydrogen) atoms. The summed E-state index contributed by atoms with van der Waals surface area (Å²) < 4.78 is 2.13. The summed E-state index contributed by atoms with van der Waals surface area (Å²) in [6.07, 6.45) is 12.3. The highest BCUT2D eigenvalue weighted by atomic mass is 16.3. The van der Waals surface area contributed by atoms with Gasteiger partial charge in [-0.2, -0.15) is 0 Å². The van der Waals surface area contributed by atoms with Crippen molar-refractivity contribution in [3.8, 4) is 0 Å². The Kier molecular flexibility index (Phi) is 8.19. The Bertz CT molecular complexity index is 858. The van der Waals surface area contributed by atoms with Gasteiger partial charge >= 0.3 is 0 Å². The van der Waals surface area contributed by atoms with Crippen LogP contribution >= 0.6 is 0 Å². The Morgan fingerprint density at radius 3 is 2.90 bits per heavy atom. The maximum atomic E-state index is 11.0. The zero-order chi connectivity index (χ0) is 21.5. The number of rotatable bonds is 11. The molecule has 0 amide bonds. The lowest BCUT2D eigenvalue weighted by Gasteiger charge is -2.19. The van der Waals surface area contributed by atoms with Crippen LogP contribution in [0.15, 0.2) is 36.9 Å². The average molecular weight is 412 g/mol. The molecule has 2 aromatic rings. The molecule has 1 saturated carbocycles. The molecule has 0 radical (unpaired) electrons. The minimum Gasteiger partial charge on any atom is -0.391 e. The number of aliphatic hydroxyl groups excluding tert-OH is 1. The Morgan fingerprint density at radius 1 is 1.33 bits per heavy atom. The lowest BCUT2D eigenvalue weighted by molar-refractivity contribution is 0.0955. The summed E-state index contributed by atoms with van der Waals surface area (Å²) in [5.41, 5.74) is 3.33. The summed E-state index contributed by atoms with van der Waals surface area (Å²) >= 11 is 0. The number of aromatic nitrogens is 3. The number of aliphatic hydroxyl groups is 1. The van der Waals surface area contributed by atoms with E-state index in [1.54, 1.807) is 6.33 Å². The van der Waals surface area contributed by atoms with Crippen LogP contribution in [0.4, 0.5) is 0 Å². The van der Waals surface area contributed by atoms with E-state index in [0.717, 1.165) is 62.0 Å². The van der Waals surface area contributed by atoms with Gasteiger partial charge in [-0.05, 0) is 71.1 Å². The van der Waals surface area contributed by atoms with Crippen LogP contribution in [0.25, 0.3) is 17.1 Å². The second-order valence-electron chi connectivity index (χ2n) is 8.56. The molecule has 1 fully saturated rings. The minimum absolute atomic E-state index is 0.0365. The number of nitrogens with one attached hydrogen (secondary N) is 2. The van der Waals surface area contributed by atoms with Crippen LogP contribution in [-0.4, -0.2) is 51.9 Å². The summed E-state index contributed by atoms with van der Waals surface area (Å²) in [5, 5.41) is 19.1. The van der Waals surface area contributed by atoms with Gasteiger partial charge in [-0.1, -0.05) is 31.2 Å². The van der Waals surface area contributed by atoms with Gasteiger partial charge in [0.25, 0.3) is 0 Å². The third-order valence-electron chi connectivity index (χ3n) is 6.63. The van der Waals surface area contributed by atoms with Gasteiger partial charge in [-0.3, -0.25) is 0 Å². The first kappa shape index (κ1) is 22.7. The van der Waals surface area contributed by atoms with Crippen molar-refractivity contribution >= 4 is 17.1 Å². The zero-order valence-corrected chi connectivity index (χ0v) is 18.6. The van der Waals surface area contributed by atoms with Gasteiger partial charge in [0.1, 0.15) is 12.0 Å². The average Bonchev–Trinajstić information content (AvgIpc) is 3.27. The molecule has 3 rings (SSSR count). The van der Waals surface area contributed by atoms with Gasteiger partial charge in [0.2, 0.25) is 0 Å². The predicted molar refractivity (Wildman–Crippen MR) is 124 cm³/mol. The van der Waals surface area contributed by atoms with E-state index in [1.807, 2.05) is 12.3 Å². The Labute approximate surface area is 180 Å². The smallest absolute Gasteiger partial charge is 0.144 e. The van der Waals surface area contributed by atoms with E-state index in [-0.39, 0.29) is 18.1 Å². The van der Waals surface area contributed by atoms with Crippen LogP contribution in [0.5, 0.6) is 0 Å². The molecule has 4 atom stereocenters. The third-order valence-corrected chi connectivity index (χ3v) is 6.63. The Morgan fingerprint density at radius 2 is 2.13 bits per heavy atom. The number of nitrogens with zero attached hydrogens (tertiary/aromatic N) is 3. The first-order valence-electron chi connectivity index (χ1n) is 11.2. The van der Waals surface area contributed by atoms with Crippen LogP contribution < -0.4 is 10.6 Å². The summed E-state index contributed by atoms with van der Waals surface area (Å²) in [4.78, 5) is 8.62. The molecule has 0 saturated heterocycles. The highest BCUT2D eigenvalue weighted by Crippen LogP contribution is 2.41. The normalized spacial score (nSPS) is 24.6. The fourth-order valence-corrected chi connectivity index (χ4v) is 4.45. The quantitative estimate of drug-likeness (QED) is 0.389. The second kappa shape index (κ2) is 10.8. The van der Waals surface area contributed by atoms with E-state index in [9.17, 15) is 5.11 Å². The summed E-state index contributed by atoms with van der Waals surface area (Å²) in [6, 6.07) is 0.0365. The fourth-order valence-electron chi connectivity index (χ4n) is 4.45. The minimum atomic E-state index is -0.378. The van der Waals surface area contributed by atoms with E-state index in [1.165, 1.54) is 5.57 Å². The molecule has 0 unspecified atom stereocenters. The molecule has 6 nitrogen and oxygen atoms in total. The van der Waals surface area contributed by atoms with E-state index in [0.29, 0.717) is 5.92 Å². The number of fused-ring (bicyclic) bond motifs is 1. The molecular weight excluding hydrogens is 374 g/mol. The standard InChI is InChI=1S/C24H37N5O/c1-5-17(3)8-11-25-9-7-10-26-13-20-12-22(23(30)18(20)4)29-15-19(6-2)21-14-27-16-28-24(21)29/h5-6,14-16,18,20,22-23,25-26,30H,2,7-13H2,1,3-4H3/b17-5+/t18-,20-,22-,23-/m1/s1. The zero-order valence-electron chi connectivity index (χ0n) is 18.6. The van der Waals surface area contributed by atoms with Gasteiger partial charge in [-0.15, -0.1) is 0 Å². The molecule has 164 valence electrons. The van der Waals surface area contributed by atoms with Crippen molar-refractivity contribution < 1.29 is 5.11 Å². The fraction of sp³-hybridized carbons (Fsp3) is 0.583. The van der Waals surface area contributed by atoms with Gasteiger partial charge in [0, 0.05) is 23.3 Å². The first-order valence-corrected chi connectivity index (χ1v) is 11.2. The van der Waals surface area contributed by atoms with Crippen LogP contribution in [0.3, 0.4) is 0 Å². The largest absolute Gasteiger partial charge is 0.391 e. The van der Waals surface area contributed by atoms with Crippen molar-refractivity contribution in [2.45, 2.75) is 52.2 Å². The van der Waals surface area contributed by atoms with Gasteiger partial charge in [-0.25, -0.2) is 9.97 Å². The summed E-state index contributed by atoms with van der Waals surface area (Å²) in [5.74, 6) is 0.692. The molecule has 1 aliphatic carbocycles. The van der Waals surface area contributed by atoms with Crippen molar-refractivity contribution in [3.63, 3.8) is 0 Å². The van der Waals surface area contributed by atoms with Crippen LogP contribution in [0.1, 0.15) is 51.6 Å². The van der Waals surface area contributed by atoms with Crippen molar-refractivity contribution in [2.75, 3.05) is 26.2 Å². The van der Waals surface area contributed by atoms with Gasteiger partial charge in [0.05, 0.1) is 12.1 Å². The molecule has 2 aromatic heterocycles. The number of hydrogen-bond acceptors (Lipinski definition) is 5. The predicted octanol–water partition coefficient (Wildman–Crippen LogP) is 3.56. The molecule has 3 N–H and O–H groups in total. The van der Waals surface area contributed by atoms with E-state index in [4.69, 9.17) is 0 Å². The van der Waals surface area contributed by atoms with Crippen molar-refractivity contribution in [2.24, 2.45) is 11.8 Å². The lowest BCUT2D eigenvalue weighted by Crippen LogP contribution is -2.29. The van der Waals surface area contributed by atoms with Crippen LogP contribution in [0.2, 0.25) is 0 Å². The third kappa shape index (κ3) is 5.17. The molecule has 1 aliphatic rings.